The summed E-state index contributed by atoms with van der Waals surface area (Å²) >= 11 is 6.47. The number of hydrogen-bond donors (Lipinski definition) is 0. The molecule has 0 saturated carbocycles. The van der Waals surface area contributed by atoms with Gasteiger partial charge >= 0.3 is 0 Å². The van der Waals surface area contributed by atoms with Gasteiger partial charge in [0.2, 0.25) is 6.79 Å². The summed E-state index contributed by atoms with van der Waals surface area (Å²) < 4.78 is 21.9. The molecule has 29 heavy (non-hydrogen) atoms. The van der Waals surface area contributed by atoms with Crippen LogP contribution in [0.4, 0.5) is 0 Å². The van der Waals surface area contributed by atoms with Crippen molar-refractivity contribution >= 4 is 28.4 Å². The van der Waals surface area contributed by atoms with Crippen LogP contribution in [0.15, 0.2) is 41.0 Å². The summed E-state index contributed by atoms with van der Waals surface area (Å²) in [5, 5.41) is 1.22. The van der Waals surface area contributed by atoms with E-state index in [1.165, 1.54) is 6.26 Å². The smallest absolute Gasteiger partial charge is 0.289 e. The Balaban J connectivity index is 1.46. The van der Waals surface area contributed by atoms with Crippen LogP contribution in [0.5, 0.6) is 11.5 Å². The van der Waals surface area contributed by atoms with Gasteiger partial charge in [0.1, 0.15) is 5.15 Å². The molecular weight excluding hydrogens is 396 g/mol. The number of nitrogens with zero attached hydrogens (tertiary/aromatic N) is 2. The number of hydrogen-bond acceptors (Lipinski definition) is 6. The van der Waals surface area contributed by atoms with E-state index in [-0.39, 0.29) is 24.6 Å². The SMILES string of the molecule is O=C(c1ccco1)N(Cc1cc2cc3c(cc2nc1Cl)OCO3)C[C@@H]1CCCO1. The molecule has 1 atom stereocenters. The van der Waals surface area contributed by atoms with E-state index in [2.05, 4.69) is 4.98 Å². The molecule has 0 unspecified atom stereocenters. The zero-order chi connectivity index (χ0) is 19.8. The first-order valence-electron chi connectivity index (χ1n) is 9.50. The number of benzene rings is 1. The van der Waals surface area contributed by atoms with E-state index in [0.717, 1.165) is 30.4 Å². The second-order valence-corrected chi connectivity index (χ2v) is 7.49. The minimum absolute atomic E-state index is 0.00919. The number of fused-ring (bicyclic) bond motifs is 2. The van der Waals surface area contributed by atoms with E-state index in [1.807, 2.05) is 18.2 Å². The molecule has 2 aliphatic heterocycles. The summed E-state index contributed by atoms with van der Waals surface area (Å²) in [5.41, 5.74) is 1.46. The third-order valence-corrected chi connectivity index (χ3v) is 5.49. The van der Waals surface area contributed by atoms with Gasteiger partial charge in [-0.25, -0.2) is 4.98 Å². The van der Waals surface area contributed by atoms with Crippen molar-refractivity contribution in [3.63, 3.8) is 0 Å². The molecule has 1 fully saturated rings. The van der Waals surface area contributed by atoms with E-state index in [9.17, 15) is 4.79 Å². The van der Waals surface area contributed by atoms with Crippen molar-refractivity contribution in [1.82, 2.24) is 9.88 Å². The Kier molecular flexibility index (Phi) is 4.77. The molecule has 4 heterocycles. The molecule has 2 aliphatic rings. The van der Waals surface area contributed by atoms with Gasteiger partial charge in [0.05, 0.1) is 17.9 Å². The van der Waals surface area contributed by atoms with E-state index < -0.39 is 0 Å². The number of halogens is 1. The molecule has 0 spiro atoms. The highest BCUT2D eigenvalue weighted by atomic mass is 35.5. The van der Waals surface area contributed by atoms with Gasteiger partial charge in [0.15, 0.2) is 17.3 Å². The van der Waals surface area contributed by atoms with Gasteiger partial charge in [-0.15, -0.1) is 0 Å². The van der Waals surface area contributed by atoms with Crippen LogP contribution < -0.4 is 9.47 Å². The normalized spacial score (nSPS) is 17.8. The molecule has 3 aromatic rings. The summed E-state index contributed by atoms with van der Waals surface area (Å²) in [7, 11) is 0. The highest BCUT2D eigenvalue weighted by Gasteiger charge is 2.26. The minimum Gasteiger partial charge on any atom is -0.459 e. The molecule has 1 saturated heterocycles. The maximum atomic E-state index is 13.0. The number of furan rings is 1. The molecular formula is C21H19ClN2O5. The molecule has 8 heteroatoms. The highest BCUT2D eigenvalue weighted by molar-refractivity contribution is 6.30. The number of aromatic nitrogens is 1. The van der Waals surface area contributed by atoms with E-state index >= 15 is 0 Å². The topological polar surface area (TPSA) is 74.0 Å². The largest absolute Gasteiger partial charge is 0.459 e. The molecule has 150 valence electrons. The van der Waals surface area contributed by atoms with Crippen molar-refractivity contribution in [1.29, 1.82) is 0 Å². The lowest BCUT2D eigenvalue weighted by Gasteiger charge is -2.25. The zero-order valence-corrected chi connectivity index (χ0v) is 16.4. The van der Waals surface area contributed by atoms with E-state index in [0.29, 0.717) is 35.3 Å². The molecule has 2 aromatic heterocycles. The number of carbonyl (C=O) groups excluding carboxylic acids is 1. The Labute approximate surface area is 172 Å². The lowest BCUT2D eigenvalue weighted by Crippen LogP contribution is -2.36. The Bertz CT molecular complexity index is 1050. The third-order valence-electron chi connectivity index (χ3n) is 5.16. The summed E-state index contributed by atoms with van der Waals surface area (Å²) in [6, 6.07) is 8.98. The van der Waals surface area contributed by atoms with Gasteiger partial charge < -0.3 is 23.5 Å². The van der Waals surface area contributed by atoms with Crippen molar-refractivity contribution in [3.05, 3.63) is 53.1 Å². The molecule has 0 radical (unpaired) electrons. The Morgan fingerprint density at radius 1 is 1.24 bits per heavy atom. The van der Waals surface area contributed by atoms with Gasteiger partial charge in [-0.05, 0) is 37.1 Å². The summed E-state index contributed by atoms with van der Waals surface area (Å²) in [5.74, 6) is 1.42. The van der Waals surface area contributed by atoms with Crippen LogP contribution in [0.2, 0.25) is 5.15 Å². The summed E-state index contributed by atoms with van der Waals surface area (Å²) in [6.45, 7) is 1.68. The fourth-order valence-corrected chi connectivity index (χ4v) is 3.92. The molecule has 5 rings (SSSR count). The van der Waals surface area contributed by atoms with Crippen LogP contribution in [0.3, 0.4) is 0 Å². The van der Waals surface area contributed by atoms with Gasteiger partial charge in [-0.1, -0.05) is 11.6 Å². The van der Waals surface area contributed by atoms with Crippen molar-refractivity contribution in [2.45, 2.75) is 25.5 Å². The Morgan fingerprint density at radius 3 is 2.86 bits per heavy atom. The molecule has 1 aromatic carbocycles. The van der Waals surface area contributed by atoms with Crippen LogP contribution in [-0.4, -0.2) is 41.8 Å². The van der Waals surface area contributed by atoms with Gasteiger partial charge in [0, 0.05) is 36.7 Å². The molecule has 0 bridgehead atoms. The molecule has 0 N–H and O–H groups in total. The second-order valence-electron chi connectivity index (χ2n) is 7.13. The van der Waals surface area contributed by atoms with Crippen molar-refractivity contribution in [2.75, 3.05) is 19.9 Å². The van der Waals surface area contributed by atoms with Crippen LogP contribution in [0.1, 0.15) is 29.0 Å². The Morgan fingerprint density at radius 2 is 2.10 bits per heavy atom. The molecule has 1 amide bonds. The average Bonchev–Trinajstić information content (AvgIpc) is 3.48. The number of rotatable bonds is 5. The number of ether oxygens (including phenoxy) is 3. The van der Waals surface area contributed by atoms with Gasteiger partial charge in [-0.2, -0.15) is 0 Å². The maximum absolute atomic E-state index is 13.0. The first-order chi connectivity index (χ1) is 14.2. The quantitative estimate of drug-likeness (QED) is 0.587. The molecule has 7 nitrogen and oxygen atoms in total. The Hall–Kier alpha value is -2.77. The minimum atomic E-state index is -0.202. The lowest BCUT2D eigenvalue weighted by molar-refractivity contribution is 0.0484. The van der Waals surface area contributed by atoms with E-state index in [4.69, 9.17) is 30.2 Å². The average molecular weight is 415 g/mol. The van der Waals surface area contributed by atoms with Crippen molar-refractivity contribution in [3.8, 4) is 11.5 Å². The van der Waals surface area contributed by atoms with Crippen molar-refractivity contribution < 1.29 is 23.4 Å². The fourth-order valence-electron chi connectivity index (χ4n) is 3.71. The highest BCUT2D eigenvalue weighted by Crippen LogP contribution is 2.36. The second kappa shape index (κ2) is 7.57. The number of amides is 1. The maximum Gasteiger partial charge on any atom is 0.289 e. The predicted molar refractivity (Wildman–Crippen MR) is 105 cm³/mol. The number of pyridine rings is 1. The standard InChI is InChI=1S/C21H19ClN2O5/c22-20-14(7-13-8-18-19(29-12-28-18)9-16(13)23-20)10-24(11-15-3-1-5-26-15)21(25)17-4-2-6-27-17/h2,4,6-9,15H,1,3,5,10-12H2/t15-/m0/s1. The fraction of sp³-hybridized carbons (Fsp3) is 0.333. The predicted octanol–water partition coefficient (Wildman–Crippen LogP) is 4.03. The molecule has 0 aliphatic carbocycles. The monoisotopic (exact) mass is 414 g/mol. The third kappa shape index (κ3) is 3.63. The van der Waals surface area contributed by atoms with Crippen LogP contribution in [-0.2, 0) is 11.3 Å². The zero-order valence-electron chi connectivity index (χ0n) is 15.6. The number of carbonyl (C=O) groups is 1. The summed E-state index contributed by atoms with van der Waals surface area (Å²) in [6.07, 6.45) is 3.42. The summed E-state index contributed by atoms with van der Waals surface area (Å²) in [4.78, 5) is 19.2. The first kappa shape index (κ1) is 18.3. The van der Waals surface area contributed by atoms with Crippen LogP contribution in [0.25, 0.3) is 10.9 Å². The lowest BCUT2D eigenvalue weighted by atomic mass is 10.1. The van der Waals surface area contributed by atoms with Gasteiger partial charge in [-0.3, -0.25) is 4.79 Å². The van der Waals surface area contributed by atoms with Crippen LogP contribution >= 0.6 is 11.6 Å². The van der Waals surface area contributed by atoms with Gasteiger partial charge in [0.25, 0.3) is 5.91 Å². The van der Waals surface area contributed by atoms with Crippen molar-refractivity contribution in [2.24, 2.45) is 0 Å². The van der Waals surface area contributed by atoms with E-state index in [1.54, 1.807) is 17.0 Å². The van der Waals surface area contributed by atoms with Crippen LogP contribution in [0, 0.1) is 0 Å². The first-order valence-corrected chi connectivity index (χ1v) is 9.88.